The number of sulfonamides is 1. The maximum atomic E-state index is 12.6. The lowest BCUT2D eigenvalue weighted by Crippen LogP contribution is -2.46. The SMILES string of the molecule is Cl.NCCCNC(=O)C1CCCN(S(=O)(=O)Cc2ccccc2)C1. The van der Waals surface area contributed by atoms with Gasteiger partial charge >= 0.3 is 0 Å². The Kier molecular flexibility index (Phi) is 8.69. The smallest absolute Gasteiger partial charge is 0.224 e. The molecule has 1 aromatic carbocycles. The van der Waals surface area contributed by atoms with Gasteiger partial charge in [-0.05, 0) is 31.4 Å². The van der Waals surface area contributed by atoms with Crippen molar-refractivity contribution in [3.63, 3.8) is 0 Å². The first-order valence-electron chi connectivity index (χ1n) is 8.02. The topological polar surface area (TPSA) is 92.5 Å². The molecule has 0 bridgehead atoms. The minimum absolute atomic E-state index is 0. The van der Waals surface area contributed by atoms with Crippen molar-refractivity contribution in [1.29, 1.82) is 0 Å². The lowest BCUT2D eigenvalue weighted by Gasteiger charge is -2.31. The molecule has 0 spiro atoms. The number of rotatable bonds is 7. The number of piperidine rings is 1. The summed E-state index contributed by atoms with van der Waals surface area (Å²) in [5.74, 6) is -0.361. The van der Waals surface area contributed by atoms with Crippen LogP contribution in [0.15, 0.2) is 30.3 Å². The summed E-state index contributed by atoms with van der Waals surface area (Å²) in [7, 11) is -3.39. The van der Waals surface area contributed by atoms with Crippen LogP contribution in [0.4, 0.5) is 0 Å². The number of nitrogens with zero attached hydrogens (tertiary/aromatic N) is 1. The van der Waals surface area contributed by atoms with E-state index in [1.165, 1.54) is 4.31 Å². The van der Waals surface area contributed by atoms with Crippen molar-refractivity contribution in [1.82, 2.24) is 9.62 Å². The zero-order chi connectivity index (χ0) is 16.7. The Morgan fingerprint density at radius 2 is 2.00 bits per heavy atom. The first-order chi connectivity index (χ1) is 11.0. The third-order valence-electron chi connectivity index (χ3n) is 4.02. The number of amides is 1. The second kappa shape index (κ2) is 9.98. The maximum Gasteiger partial charge on any atom is 0.224 e. The summed E-state index contributed by atoms with van der Waals surface area (Å²) < 4.78 is 26.6. The highest BCUT2D eigenvalue weighted by Crippen LogP contribution is 2.21. The number of hydrogen-bond acceptors (Lipinski definition) is 4. The molecule has 1 saturated heterocycles. The molecule has 3 N–H and O–H groups in total. The summed E-state index contributed by atoms with van der Waals surface area (Å²) in [5.41, 5.74) is 6.17. The van der Waals surface area contributed by atoms with Gasteiger partial charge in [0, 0.05) is 19.6 Å². The monoisotopic (exact) mass is 375 g/mol. The van der Waals surface area contributed by atoms with Gasteiger partial charge in [-0.1, -0.05) is 30.3 Å². The summed E-state index contributed by atoms with van der Waals surface area (Å²) in [4.78, 5) is 12.1. The highest BCUT2D eigenvalue weighted by molar-refractivity contribution is 7.88. The number of nitrogens with two attached hydrogens (primary N) is 1. The summed E-state index contributed by atoms with van der Waals surface area (Å²) in [6.45, 7) is 1.83. The van der Waals surface area contributed by atoms with Gasteiger partial charge in [-0.25, -0.2) is 12.7 Å². The first-order valence-corrected chi connectivity index (χ1v) is 9.63. The van der Waals surface area contributed by atoms with E-state index >= 15 is 0 Å². The molecule has 6 nitrogen and oxygen atoms in total. The molecule has 0 saturated carbocycles. The molecule has 1 amide bonds. The molecule has 2 rings (SSSR count). The van der Waals surface area contributed by atoms with E-state index in [9.17, 15) is 13.2 Å². The van der Waals surface area contributed by atoms with Crippen LogP contribution in [0.3, 0.4) is 0 Å². The predicted molar refractivity (Wildman–Crippen MR) is 97.3 cm³/mol. The van der Waals surface area contributed by atoms with Crippen molar-refractivity contribution < 1.29 is 13.2 Å². The molecule has 24 heavy (non-hydrogen) atoms. The molecule has 8 heteroatoms. The summed E-state index contributed by atoms with van der Waals surface area (Å²) in [6.07, 6.45) is 2.17. The van der Waals surface area contributed by atoms with E-state index in [-0.39, 0.29) is 36.5 Å². The molecule has 136 valence electrons. The Balaban J connectivity index is 0.00000288. The van der Waals surface area contributed by atoms with Crippen LogP contribution in [0.1, 0.15) is 24.8 Å². The Morgan fingerprint density at radius 1 is 1.29 bits per heavy atom. The lowest BCUT2D eigenvalue weighted by molar-refractivity contribution is -0.126. The van der Waals surface area contributed by atoms with Crippen LogP contribution < -0.4 is 11.1 Å². The third kappa shape index (κ3) is 6.05. The highest BCUT2D eigenvalue weighted by atomic mass is 35.5. The quantitative estimate of drug-likeness (QED) is 0.698. The fourth-order valence-corrected chi connectivity index (χ4v) is 4.35. The van der Waals surface area contributed by atoms with Gasteiger partial charge in [0.15, 0.2) is 0 Å². The number of halogens is 1. The van der Waals surface area contributed by atoms with Crippen molar-refractivity contribution in [2.75, 3.05) is 26.2 Å². The molecule has 1 unspecified atom stereocenters. The van der Waals surface area contributed by atoms with Gasteiger partial charge in [0.25, 0.3) is 0 Å². The zero-order valence-corrected chi connectivity index (χ0v) is 15.3. The molecule has 0 aliphatic carbocycles. The average Bonchev–Trinajstić information content (AvgIpc) is 2.55. The second-order valence-corrected chi connectivity index (χ2v) is 7.84. The molecular weight excluding hydrogens is 350 g/mol. The Hall–Kier alpha value is -1.15. The van der Waals surface area contributed by atoms with Gasteiger partial charge in [-0.3, -0.25) is 4.79 Å². The number of benzene rings is 1. The lowest BCUT2D eigenvalue weighted by atomic mass is 9.99. The third-order valence-corrected chi connectivity index (χ3v) is 5.84. The molecule has 1 heterocycles. The summed E-state index contributed by atoms with van der Waals surface area (Å²) >= 11 is 0. The fraction of sp³-hybridized carbons (Fsp3) is 0.562. The molecule has 1 fully saturated rings. The van der Waals surface area contributed by atoms with E-state index in [0.717, 1.165) is 18.4 Å². The molecule has 1 aliphatic heterocycles. The minimum atomic E-state index is -3.39. The predicted octanol–water partition coefficient (Wildman–Crippen LogP) is 1.12. The van der Waals surface area contributed by atoms with Gasteiger partial charge in [-0.15, -0.1) is 12.4 Å². The second-order valence-electron chi connectivity index (χ2n) is 5.87. The van der Waals surface area contributed by atoms with Crippen LogP contribution in [-0.2, 0) is 20.6 Å². The number of carbonyl (C=O) groups is 1. The van der Waals surface area contributed by atoms with Gasteiger partial charge in [0.05, 0.1) is 11.7 Å². The van der Waals surface area contributed by atoms with Gasteiger partial charge in [0.1, 0.15) is 0 Å². The molecule has 1 aliphatic rings. The normalized spacial score (nSPS) is 18.6. The van der Waals surface area contributed by atoms with Crippen LogP contribution in [0, 0.1) is 5.92 Å². The highest BCUT2D eigenvalue weighted by Gasteiger charge is 2.32. The molecule has 0 radical (unpaired) electrons. The Bertz CT molecular complexity index is 610. The van der Waals surface area contributed by atoms with Crippen LogP contribution in [0.5, 0.6) is 0 Å². The molecule has 1 aromatic rings. The largest absolute Gasteiger partial charge is 0.356 e. The number of hydrogen-bond donors (Lipinski definition) is 2. The van der Waals surface area contributed by atoms with Crippen LogP contribution in [0.2, 0.25) is 0 Å². The summed E-state index contributed by atoms with van der Waals surface area (Å²) in [6, 6.07) is 9.12. The van der Waals surface area contributed by atoms with Crippen molar-refractivity contribution >= 4 is 28.3 Å². The van der Waals surface area contributed by atoms with Gasteiger partial charge in [-0.2, -0.15) is 0 Å². The fourth-order valence-electron chi connectivity index (χ4n) is 2.74. The standard InChI is InChI=1S/C16H25N3O3S.ClH/c17-9-5-10-18-16(20)15-8-4-11-19(12-15)23(21,22)13-14-6-2-1-3-7-14;/h1-3,6-7,15H,4-5,8-13,17H2,(H,18,20);1H. The van der Waals surface area contributed by atoms with Crippen LogP contribution in [-0.4, -0.2) is 44.8 Å². The van der Waals surface area contributed by atoms with Crippen molar-refractivity contribution in [3.05, 3.63) is 35.9 Å². The minimum Gasteiger partial charge on any atom is -0.356 e. The van der Waals surface area contributed by atoms with E-state index in [0.29, 0.717) is 26.1 Å². The van der Waals surface area contributed by atoms with Gasteiger partial charge in [0.2, 0.25) is 15.9 Å². The van der Waals surface area contributed by atoms with Crippen molar-refractivity contribution in [2.24, 2.45) is 11.7 Å². The number of carbonyl (C=O) groups excluding carboxylic acids is 1. The number of nitrogens with one attached hydrogen (secondary N) is 1. The van der Waals surface area contributed by atoms with Crippen LogP contribution in [0.25, 0.3) is 0 Å². The Morgan fingerprint density at radius 3 is 2.67 bits per heavy atom. The van der Waals surface area contributed by atoms with E-state index in [4.69, 9.17) is 5.73 Å². The van der Waals surface area contributed by atoms with Gasteiger partial charge < -0.3 is 11.1 Å². The zero-order valence-electron chi connectivity index (χ0n) is 13.7. The van der Waals surface area contributed by atoms with E-state index in [2.05, 4.69) is 5.32 Å². The molecular formula is C16H26ClN3O3S. The van der Waals surface area contributed by atoms with E-state index in [1.807, 2.05) is 18.2 Å². The van der Waals surface area contributed by atoms with Crippen LogP contribution >= 0.6 is 12.4 Å². The van der Waals surface area contributed by atoms with Crippen molar-refractivity contribution in [2.45, 2.75) is 25.0 Å². The van der Waals surface area contributed by atoms with E-state index in [1.54, 1.807) is 12.1 Å². The Labute approximate surface area is 150 Å². The maximum absolute atomic E-state index is 12.6. The van der Waals surface area contributed by atoms with E-state index < -0.39 is 10.0 Å². The average molecular weight is 376 g/mol. The summed E-state index contributed by atoms with van der Waals surface area (Å²) in [5, 5.41) is 2.83. The molecule has 0 aromatic heterocycles. The first kappa shape index (κ1) is 20.9. The molecule has 1 atom stereocenters. The van der Waals surface area contributed by atoms with Crippen molar-refractivity contribution in [3.8, 4) is 0 Å².